The van der Waals surface area contributed by atoms with Crippen molar-refractivity contribution in [2.24, 2.45) is 0 Å². The van der Waals surface area contributed by atoms with Crippen LogP contribution in [0.15, 0.2) is 12.1 Å². The van der Waals surface area contributed by atoms with Gasteiger partial charge in [0.2, 0.25) is 0 Å². The second-order valence-corrected chi connectivity index (χ2v) is 3.48. The van der Waals surface area contributed by atoms with Crippen LogP contribution in [-0.4, -0.2) is 0 Å². The molecule has 0 aliphatic rings. The Morgan fingerprint density at radius 1 is 1.45 bits per heavy atom. The van der Waals surface area contributed by atoms with Crippen molar-refractivity contribution in [1.82, 2.24) is 0 Å². The van der Waals surface area contributed by atoms with Crippen LogP contribution in [0.4, 0.5) is 0 Å². The molecule has 1 aromatic carbocycles. The molecular weight excluding hydrogens is 156 g/mol. The first-order valence-corrected chi connectivity index (χ1v) is 4.17. The van der Waals surface area contributed by atoms with Crippen molar-refractivity contribution in [1.29, 1.82) is 0 Å². The molecular formula is C10H12Cl. The van der Waals surface area contributed by atoms with Gasteiger partial charge in [-0.3, -0.25) is 0 Å². The lowest BCUT2D eigenvalue weighted by atomic mass is 10.0. The second kappa shape index (κ2) is 3.27. The van der Waals surface area contributed by atoms with Crippen molar-refractivity contribution in [3.63, 3.8) is 0 Å². The van der Waals surface area contributed by atoms with Gasteiger partial charge in [-0.05, 0) is 42.2 Å². The largest absolute Gasteiger partial charge is 0.0840 e. The smallest absolute Gasteiger partial charge is 0.0438 e. The zero-order chi connectivity index (χ0) is 8.43. The summed E-state index contributed by atoms with van der Waals surface area (Å²) in [4.78, 5) is 0. The predicted octanol–water partition coefficient (Wildman–Crippen LogP) is 3.57. The predicted molar refractivity (Wildman–Crippen MR) is 49.1 cm³/mol. The number of aryl methyl sites for hydroxylation is 1. The minimum atomic E-state index is 0.507. The van der Waals surface area contributed by atoms with Crippen molar-refractivity contribution in [3.05, 3.63) is 34.3 Å². The minimum Gasteiger partial charge on any atom is -0.0840 e. The van der Waals surface area contributed by atoms with E-state index in [0.29, 0.717) is 5.92 Å². The molecule has 0 spiro atoms. The number of hydrogen-bond acceptors (Lipinski definition) is 0. The van der Waals surface area contributed by atoms with Crippen LogP contribution in [-0.2, 0) is 0 Å². The molecule has 0 heterocycles. The molecule has 0 saturated heterocycles. The van der Waals surface area contributed by atoms with Crippen LogP contribution < -0.4 is 0 Å². The zero-order valence-electron chi connectivity index (χ0n) is 7.11. The lowest BCUT2D eigenvalue weighted by Crippen LogP contribution is -1.87. The van der Waals surface area contributed by atoms with Gasteiger partial charge in [0.1, 0.15) is 0 Å². The maximum atomic E-state index is 5.94. The van der Waals surface area contributed by atoms with E-state index in [2.05, 4.69) is 19.9 Å². The number of benzene rings is 1. The number of rotatable bonds is 1. The summed E-state index contributed by atoms with van der Waals surface area (Å²) in [6.45, 7) is 6.26. The highest BCUT2D eigenvalue weighted by atomic mass is 35.5. The SMILES string of the molecule is Cc1c[c]c(C(C)C)cc1Cl. The normalized spacial score (nSPS) is 10.6. The van der Waals surface area contributed by atoms with Gasteiger partial charge in [0.15, 0.2) is 0 Å². The van der Waals surface area contributed by atoms with Crippen LogP contribution in [0.1, 0.15) is 30.9 Å². The van der Waals surface area contributed by atoms with E-state index in [0.717, 1.165) is 10.6 Å². The molecule has 0 aliphatic carbocycles. The van der Waals surface area contributed by atoms with E-state index in [4.69, 9.17) is 11.6 Å². The molecule has 0 unspecified atom stereocenters. The minimum absolute atomic E-state index is 0.507. The Bertz CT molecular complexity index is 251. The van der Waals surface area contributed by atoms with Crippen molar-refractivity contribution >= 4 is 11.6 Å². The summed E-state index contributed by atoms with van der Waals surface area (Å²) in [6, 6.07) is 7.12. The van der Waals surface area contributed by atoms with Gasteiger partial charge in [-0.15, -0.1) is 0 Å². The van der Waals surface area contributed by atoms with E-state index in [1.165, 1.54) is 5.56 Å². The van der Waals surface area contributed by atoms with Crippen LogP contribution in [0, 0.1) is 13.0 Å². The maximum Gasteiger partial charge on any atom is 0.0438 e. The van der Waals surface area contributed by atoms with Crippen LogP contribution in [0.3, 0.4) is 0 Å². The standard InChI is InChI=1S/C10H12Cl/c1-7(2)9-5-4-8(3)10(11)6-9/h4,6-7H,1-3H3. The molecule has 0 atom stereocenters. The molecule has 0 fully saturated rings. The topological polar surface area (TPSA) is 0 Å². The van der Waals surface area contributed by atoms with Gasteiger partial charge >= 0.3 is 0 Å². The summed E-state index contributed by atoms with van der Waals surface area (Å²) >= 11 is 5.94. The number of halogens is 1. The van der Waals surface area contributed by atoms with Crippen LogP contribution in [0.25, 0.3) is 0 Å². The van der Waals surface area contributed by atoms with Gasteiger partial charge in [0.25, 0.3) is 0 Å². The van der Waals surface area contributed by atoms with Gasteiger partial charge in [-0.2, -0.15) is 0 Å². The van der Waals surface area contributed by atoms with Crippen LogP contribution in [0.2, 0.25) is 5.02 Å². The highest BCUT2D eigenvalue weighted by molar-refractivity contribution is 6.31. The fourth-order valence-electron chi connectivity index (χ4n) is 0.886. The third kappa shape index (κ3) is 1.97. The van der Waals surface area contributed by atoms with E-state index >= 15 is 0 Å². The quantitative estimate of drug-likeness (QED) is 0.600. The average molecular weight is 168 g/mol. The zero-order valence-corrected chi connectivity index (χ0v) is 7.87. The fraction of sp³-hybridized carbons (Fsp3) is 0.400. The van der Waals surface area contributed by atoms with Crippen LogP contribution >= 0.6 is 11.6 Å². The molecule has 11 heavy (non-hydrogen) atoms. The molecule has 1 rings (SSSR count). The Morgan fingerprint density at radius 3 is 2.55 bits per heavy atom. The highest BCUT2D eigenvalue weighted by Crippen LogP contribution is 2.21. The number of hydrogen-bond donors (Lipinski definition) is 0. The molecule has 0 nitrogen and oxygen atoms in total. The summed E-state index contributed by atoms with van der Waals surface area (Å²) in [7, 11) is 0. The van der Waals surface area contributed by atoms with E-state index < -0.39 is 0 Å². The molecule has 1 heteroatoms. The van der Waals surface area contributed by atoms with Gasteiger partial charge in [0.05, 0.1) is 0 Å². The van der Waals surface area contributed by atoms with Gasteiger partial charge < -0.3 is 0 Å². The Kier molecular flexibility index (Phi) is 2.56. The molecule has 0 bridgehead atoms. The summed E-state index contributed by atoms with van der Waals surface area (Å²) < 4.78 is 0. The van der Waals surface area contributed by atoms with Gasteiger partial charge in [-0.1, -0.05) is 25.4 Å². The third-order valence-corrected chi connectivity index (χ3v) is 2.14. The monoisotopic (exact) mass is 167 g/mol. The van der Waals surface area contributed by atoms with Crippen molar-refractivity contribution in [2.45, 2.75) is 26.7 Å². The Labute approximate surface area is 73.2 Å². The third-order valence-electron chi connectivity index (χ3n) is 1.74. The van der Waals surface area contributed by atoms with Gasteiger partial charge in [-0.25, -0.2) is 0 Å². The molecule has 1 aromatic rings. The van der Waals surface area contributed by atoms with E-state index in [1.54, 1.807) is 0 Å². The first-order chi connectivity index (χ1) is 5.11. The Hall–Kier alpha value is -0.490. The Balaban J connectivity index is 3.05. The summed E-state index contributed by atoms with van der Waals surface area (Å²) in [5, 5.41) is 0.840. The van der Waals surface area contributed by atoms with Crippen molar-refractivity contribution in [2.75, 3.05) is 0 Å². The van der Waals surface area contributed by atoms with E-state index in [-0.39, 0.29) is 0 Å². The lowest BCUT2D eigenvalue weighted by molar-refractivity contribution is 0.864. The Morgan fingerprint density at radius 2 is 2.09 bits per heavy atom. The molecule has 0 aromatic heterocycles. The first kappa shape index (κ1) is 8.61. The van der Waals surface area contributed by atoms with Crippen LogP contribution in [0.5, 0.6) is 0 Å². The summed E-state index contributed by atoms with van der Waals surface area (Å²) in [5.74, 6) is 0.507. The summed E-state index contributed by atoms with van der Waals surface area (Å²) in [6.07, 6.45) is 0. The van der Waals surface area contributed by atoms with Crippen molar-refractivity contribution < 1.29 is 0 Å². The van der Waals surface area contributed by atoms with Gasteiger partial charge in [0, 0.05) is 5.02 Å². The fourth-order valence-corrected chi connectivity index (χ4v) is 1.06. The molecule has 1 radical (unpaired) electrons. The first-order valence-electron chi connectivity index (χ1n) is 3.79. The molecule has 0 aliphatic heterocycles. The lowest BCUT2D eigenvalue weighted by Gasteiger charge is -2.05. The van der Waals surface area contributed by atoms with E-state index in [1.807, 2.05) is 19.1 Å². The molecule has 0 saturated carbocycles. The summed E-state index contributed by atoms with van der Waals surface area (Å²) in [5.41, 5.74) is 2.27. The van der Waals surface area contributed by atoms with E-state index in [9.17, 15) is 0 Å². The molecule has 59 valence electrons. The highest BCUT2D eigenvalue weighted by Gasteiger charge is 2.01. The second-order valence-electron chi connectivity index (χ2n) is 3.07. The van der Waals surface area contributed by atoms with Crippen molar-refractivity contribution in [3.8, 4) is 0 Å². The molecule has 0 N–H and O–H groups in total. The molecule has 0 amide bonds. The maximum absolute atomic E-state index is 5.94. The average Bonchev–Trinajstić information content (AvgIpc) is 1.94.